The number of aromatic nitrogens is 2. The van der Waals surface area contributed by atoms with Crippen LogP contribution >= 0.6 is 11.8 Å². The highest BCUT2D eigenvalue weighted by atomic mass is 32.2. The summed E-state index contributed by atoms with van der Waals surface area (Å²) in [6, 6.07) is 7.69. The van der Waals surface area contributed by atoms with Gasteiger partial charge in [-0.1, -0.05) is 62.9 Å². The Kier molecular flexibility index (Phi) is 7.33. The Bertz CT molecular complexity index is 828. The highest BCUT2D eigenvalue weighted by Crippen LogP contribution is 2.30. The first-order valence-electron chi connectivity index (χ1n) is 10.1. The van der Waals surface area contributed by atoms with Gasteiger partial charge >= 0.3 is 0 Å². The van der Waals surface area contributed by atoms with Gasteiger partial charge in [0.2, 0.25) is 5.91 Å². The monoisotopic (exact) mass is 387 g/mol. The van der Waals surface area contributed by atoms with Crippen molar-refractivity contribution in [3.63, 3.8) is 0 Å². The molecule has 0 atom stereocenters. The van der Waals surface area contributed by atoms with Crippen LogP contribution in [0.3, 0.4) is 0 Å². The van der Waals surface area contributed by atoms with Crippen molar-refractivity contribution in [3.8, 4) is 0 Å². The van der Waals surface area contributed by atoms with Gasteiger partial charge in [0.25, 0.3) is 5.56 Å². The number of hydrogen-bond acceptors (Lipinski definition) is 4. The summed E-state index contributed by atoms with van der Waals surface area (Å²) in [4.78, 5) is 30.1. The number of carbonyl (C=O) groups is 1. The maximum atomic E-state index is 13.1. The van der Waals surface area contributed by atoms with Crippen molar-refractivity contribution in [2.75, 3.05) is 12.3 Å². The molecule has 0 spiro atoms. The molecule has 0 saturated heterocycles. The van der Waals surface area contributed by atoms with E-state index in [0.29, 0.717) is 28.4 Å². The minimum absolute atomic E-state index is 0.00806. The maximum Gasteiger partial charge on any atom is 0.262 e. The molecule has 5 nitrogen and oxygen atoms in total. The Morgan fingerprint density at radius 1 is 1.22 bits per heavy atom. The van der Waals surface area contributed by atoms with Crippen molar-refractivity contribution >= 4 is 28.6 Å². The molecule has 1 aliphatic rings. The number of benzene rings is 1. The molecule has 1 fully saturated rings. The van der Waals surface area contributed by atoms with Crippen molar-refractivity contribution < 1.29 is 4.79 Å². The third kappa shape index (κ3) is 5.12. The van der Waals surface area contributed by atoms with Crippen LogP contribution in [0.15, 0.2) is 34.2 Å². The van der Waals surface area contributed by atoms with Crippen molar-refractivity contribution in [2.24, 2.45) is 0 Å². The summed E-state index contributed by atoms with van der Waals surface area (Å²) >= 11 is 1.38. The van der Waals surface area contributed by atoms with Crippen molar-refractivity contribution in [1.82, 2.24) is 14.9 Å². The fourth-order valence-corrected chi connectivity index (χ4v) is 4.57. The molecule has 1 saturated carbocycles. The lowest BCUT2D eigenvalue weighted by Crippen LogP contribution is -2.30. The molecule has 3 rings (SSSR count). The Balaban J connectivity index is 1.80. The van der Waals surface area contributed by atoms with Gasteiger partial charge in [-0.15, -0.1) is 0 Å². The molecule has 2 aromatic rings. The second kappa shape index (κ2) is 9.93. The van der Waals surface area contributed by atoms with Gasteiger partial charge < -0.3 is 5.32 Å². The van der Waals surface area contributed by atoms with Crippen LogP contribution < -0.4 is 10.9 Å². The van der Waals surface area contributed by atoms with E-state index in [2.05, 4.69) is 12.2 Å². The van der Waals surface area contributed by atoms with Gasteiger partial charge in [0, 0.05) is 12.6 Å². The van der Waals surface area contributed by atoms with Gasteiger partial charge in [-0.25, -0.2) is 4.98 Å². The quantitative estimate of drug-likeness (QED) is 0.417. The highest BCUT2D eigenvalue weighted by Gasteiger charge is 2.22. The van der Waals surface area contributed by atoms with Crippen LogP contribution in [0.1, 0.15) is 64.3 Å². The maximum absolute atomic E-state index is 13.1. The van der Waals surface area contributed by atoms with E-state index in [1.54, 1.807) is 0 Å². The number of hydrogen-bond donors (Lipinski definition) is 1. The summed E-state index contributed by atoms with van der Waals surface area (Å²) in [5, 5.41) is 4.30. The minimum Gasteiger partial charge on any atom is -0.355 e. The topological polar surface area (TPSA) is 64.0 Å². The van der Waals surface area contributed by atoms with Gasteiger partial charge in [0.05, 0.1) is 16.7 Å². The average molecular weight is 388 g/mol. The predicted molar refractivity (Wildman–Crippen MR) is 111 cm³/mol. The molecule has 146 valence electrons. The van der Waals surface area contributed by atoms with E-state index in [1.165, 1.54) is 18.2 Å². The summed E-state index contributed by atoms with van der Waals surface area (Å²) in [5.74, 6) is 0.303. The van der Waals surface area contributed by atoms with Crippen LogP contribution in [0, 0.1) is 0 Å². The number of unbranched alkanes of at least 4 members (excludes halogenated alkanes) is 2. The number of rotatable bonds is 8. The van der Waals surface area contributed by atoms with Crippen molar-refractivity contribution in [2.45, 2.75) is 69.5 Å². The average Bonchev–Trinajstić information content (AvgIpc) is 2.70. The van der Waals surface area contributed by atoms with E-state index in [-0.39, 0.29) is 17.5 Å². The van der Waals surface area contributed by atoms with E-state index in [1.807, 2.05) is 28.8 Å². The van der Waals surface area contributed by atoms with Crippen LogP contribution in [-0.4, -0.2) is 27.8 Å². The van der Waals surface area contributed by atoms with Gasteiger partial charge in [-0.05, 0) is 31.4 Å². The lowest BCUT2D eigenvalue weighted by Gasteiger charge is -2.26. The summed E-state index contributed by atoms with van der Waals surface area (Å²) in [5.41, 5.74) is 0.735. The molecule has 1 aromatic carbocycles. The van der Waals surface area contributed by atoms with Gasteiger partial charge in [0.15, 0.2) is 5.16 Å². The Morgan fingerprint density at radius 3 is 2.78 bits per heavy atom. The normalized spacial score (nSPS) is 15.1. The molecule has 6 heteroatoms. The number of fused-ring (bicyclic) bond motifs is 1. The lowest BCUT2D eigenvalue weighted by molar-refractivity contribution is -0.118. The minimum atomic E-state index is 0.00806. The summed E-state index contributed by atoms with van der Waals surface area (Å²) in [6.07, 6.45) is 8.81. The van der Waals surface area contributed by atoms with Gasteiger partial charge in [-0.2, -0.15) is 0 Å². The third-order valence-corrected chi connectivity index (χ3v) is 6.10. The molecular formula is C21H29N3O2S. The summed E-state index contributed by atoms with van der Waals surface area (Å²) in [7, 11) is 0. The zero-order chi connectivity index (χ0) is 19.1. The summed E-state index contributed by atoms with van der Waals surface area (Å²) in [6.45, 7) is 2.86. The van der Waals surface area contributed by atoms with Gasteiger partial charge in [0.1, 0.15) is 0 Å². The number of carbonyl (C=O) groups excluding carboxylic acids is 1. The molecule has 1 N–H and O–H groups in total. The number of thioether (sulfide) groups is 1. The second-order valence-corrected chi connectivity index (χ2v) is 8.17. The number of nitrogens with zero attached hydrogens (tertiary/aromatic N) is 2. The Hall–Kier alpha value is -1.82. The number of amides is 1. The number of nitrogens with one attached hydrogen (secondary N) is 1. The van der Waals surface area contributed by atoms with Crippen molar-refractivity contribution in [3.05, 3.63) is 34.6 Å². The highest BCUT2D eigenvalue weighted by molar-refractivity contribution is 7.99. The molecule has 27 heavy (non-hydrogen) atoms. The first-order valence-corrected chi connectivity index (χ1v) is 11.1. The molecular weight excluding hydrogens is 358 g/mol. The van der Waals surface area contributed by atoms with Crippen LogP contribution in [-0.2, 0) is 4.79 Å². The van der Waals surface area contributed by atoms with Crippen LogP contribution in [0.5, 0.6) is 0 Å². The number of para-hydroxylation sites is 1. The van der Waals surface area contributed by atoms with E-state index < -0.39 is 0 Å². The molecule has 0 aliphatic heterocycles. The fraction of sp³-hybridized carbons (Fsp3) is 0.571. The van der Waals surface area contributed by atoms with E-state index in [9.17, 15) is 9.59 Å². The van der Waals surface area contributed by atoms with Crippen LogP contribution in [0.2, 0.25) is 0 Å². The first kappa shape index (κ1) is 19.9. The van der Waals surface area contributed by atoms with Crippen molar-refractivity contribution in [1.29, 1.82) is 0 Å². The second-order valence-electron chi connectivity index (χ2n) is 7.22. The molecule has 0 radical (unpaired) electrons. The smallest absolute Gasteiger partial charge is 0.262 e. The Labute approximate surface area is 164 Å². The van der Waals surface area contributed by atoms with Crippen LogP contribution in [0.4, 0.5) is 0 Å². The molecule has 1 aliphatic carbocycles. The van der Waals surface area contributed by atoms with Gasteiger partial charge in [-0.3, -0.25) is 14.2 Å². The van der Waals surface area contributed by atoms with Crippen LogP contribution in [0.25, 0.3) is 10.9 Å². The van der Waals surface area contributed by atoms with E-state index in [0.717, 1.165) is 44.9 Å². The molecule has 0 bridgehead atoms. The molecule has 0 unspecified atom stereocenters. The molecule has 1 amide bonds. The molecule has 1 heterocycles. The largest absolute Gasteiger partial charge is 0.355 e. The Morgan fingerprint density at radius 2 is 2.00 bits per heavy atom. The third-order valence-electron chi connectivity index (χ3n) is 5.15. The predicted octanol–water partition coefficient (Wildman–Crippen LogP) is 4.30. The summed E-state index contributed by atoms with van der Waals surface area (Å²) < 4.78 is 1.86. The van der Waals surface area contributed by atoms with E-state index in [4.69, 9.17) is 4.98 Å². The standard InChI is InChI=1S/C21H29N3O2S/c1-2-3-9-14-22-19(25)15-27-21-23-18-13-8-7-12-17(18)20(26)24(21)16-10-5-4-6-11-16/h7-8,12-13,16H,2-6,9-11,14-15H2,1H3,(H,22,25). The van der Waals surface area contributed by atoms with E-state index >= 15 is 0 Å². The zero-order valence-corrected chi connectivity index (χ0v) is 16.9. The first-order chi connectivity index (χ1) is 13.2. The molecule has 1 aromatic heterocycles. The SMILES string of the molecule is CCCCCNC(=O)CSc1nc2ccccc2c(=O)n1C1CCCCC1. The zero-order valence-electron chi connectivity index (χ0n) is 16.1. The fourth-order valence-electron chi connectivity index (χ4n) is 3.67. The lowest BCUT2D eigenvalue weighted by atomic mass is 9.95.